The highest BCUT2D eigenvalue weighted by atomic mass is 32.1. The SMILES string of the molecule is CCOC(=O)CCC(C)NC(=O)c1cnc(-c2ccccc2F)s1. The monoisotopic (exact) mass is 350 g/mol. The lowest BCUT2D eigenvalue weighted by molar-refractivity contribution is -0.143. The van der Waals surface area contributed by atoms with Crippen LogP contribution in [0.3, 0.4) is 0 Å². The number of carbonyl (C=O) groups excluding carboxylic acids is 2. The summed E-state index contributed by atoms with van der Waals surface area (Å²) in [6, 6.07) is 6.12. The van der Waals surface area contributed by atoms with E-state index in [-0.39, 0.29) is 30.2 Å². The molecule has 128 valence electrons. The molecule has 1 amide bonds. The number of amides is 1. The van der Waals surface area contributed by atoms with Gasteiger partial charge in [-0.2, -0.15) is 0 Å². The maximum absolute atomic E-state index is 13.8. The summed E-state index contributed by atoms with van der Waals surface area (Å²) in [7, 11) is 0. The molecule has 1 N–H and O–H groups in total. The maximum atomic E-state index is 13.8. The normalized spacial score (nSPS) is 11.8. The van der Waals surface area contributed by atoms with Gasteiger partial charge in [-0.25, -0.2) is 9.37 Å². The highest BCUT2D eigenvalue weighted by Gasteiger charge is 2.16. The number of aromatic nitrogens is 1. The minimum absolute atomic E-state index is 0.180. The lowest BCUT2D eigenvalue weighted by Gasteiger charge is -2.12. The lowest BCUT2D eigenvalue weighted by Crippen LogP contribution is -2.32. The van der Waals surface area contributed by atoms with E-state index >= 15 is 0 Å². The zero-order valence-electron chi connectivity index (χ0n) is 13.5. The van der Waals surface area contributed by atoms with Gasteiger partial charge in [-0.3, -0.25) is 9.59 Å². The number of rotatable bonds is 7. The zero-order valence-corrected chi connectivity index (χ0v) is 14.4. The topological polar surface area (TPSA) is 68.3 Å². The van der Waals surface area contributed by atoms with Gasteiger partial charge >= 0.3 is 5.97 Å². The summed E-state index contributed by atoms with van der Waals surface area (Å²) < 4.78 is 18.6. The van der Waals surface area contributed by atoms with Crippen LogP contribution < -0.4 is 5.32 Å². The number of nitrogens with one attached hydrogen (secondary N) is 1. The largest absolute Gasteiger partial charge is 0.466 e. The average molecular weight is 350 g/mol. The number of benzene rings is 1. The Bertz CT molecular complexity index is 717. The molecule has 0 saturated heterocycles. The Hall–Kier alpha value is -2.28. The number of carbonyl (C=O) groups is 2. The van der Waals surface area contributed by atoms with Gasteiger partial charge in [0, 0.05) is 18.0 Å². The quantitative estimate of drug-likeness (QED) is 0.777. The summed E-state index contributed by atoms with van der Waals surface area (Å²) in [5, 5.41) is 3.26. The van der Waals surface area contributed by atoms with E-state index in [9.17, 15) is 14.0 Å². The van der Waals surface area contributed by atoms with Gasteiger partial charge in [0.2, 0.25) is 0 Å². The molecule has 24 heavy (non-hydrogen) atoms. The summed E-state index contributed by atoms with van der Waals surface area (Å²) in [6.45, 7) is 3.91. The van der Waals surface area contributed by atoms with Crippen molar-refractivity contribution in [2.24, 2.45) is 0 Å². The fraction of sp³-hybridized carbons (Fsp3) is 0.353. The van der Waals surface area contributed by atoms with Gasteiger partial charge < -0.3 is 10.1 Å². The third-order valence-corrected chi connectivity index (χ3v) is 4.33. The van der Waals surface area contributed by atoms with Crippen molar-refractivity contribution >= 4 is 23.2 Å². The van der Waals surface area contributed by atoms with E-state index in [2.05, 4.69) is 10.3 Å². The molecule has 0 saturated carbocycles. The molecule has 0 aliphatic rings. The maximum Gasteiger partial charge on any atom is 0.305 e. The Morgan fingerprint density at radius 2 is 2.12 bits per heavy atom. The highest BCUT2D eigenvalue weighted by molar-refractivity contribution is 7.16. The van der Waals surface area contributed by atoms with Gasteiger partial charge in [0.15, 0.2) is 0 Å². The van der Waals surface area contributed by atoms with Crippen LogP contribution in [0, 0.1) is 5.82 Å². The van der Waals surface area contributed by atoms with Crippen molar-refractivity contribution in [2.75, 3.05) is 6.61 Å². The average Bonchev–Trinajstić information content (AvgIpc) is 3.03. The lowest BCUT2D eigenvalue weighted by atomic mass is 10.2. The molecule has 2 rings (SSSR count). The van der Waals surface area contributed by atoms with Crippen LogP contribution in [-0.2, 0) is 9.53 Å². The van der Waals surface area contributed by atoms with Gasteiger partial charge in [-0.05, 0) is 32.4 Å². The summed E-state index contributed by atoms with van der Waals surface area (Å²) in [5.74, 6) is -0.939. The van der Waals surface area contributed by atoms with Crippen molar-refractivity contribution in [1.82, 2.24) is 10.3 Å². The third kappa shape index (κ3) is 4.86. The number of ether oxygens (including phenoxy) is 1. The zero-order chi connectivity index (χ0) is 17.5. The third-order valence-electron chi connectivity index (χ3n) is 3.30. The molecule has 1 aromatic heterocycles. The van der Waals surface area contributed by atoms with E-state index in [1.807, 2.05) is 6.92 Å². The Morgan fingerprint density at radius 3 is 2.83 bits per heavy atom. The minimum Gasteiger partial charge on any atom is -0.466 e. The van der Waals surface area contributed by atoms with Crippen molar-refractivity contribution in [3.63, 3.8) is 0 Å². The van der Waals surface area contributed by atoms with E-state index in [1.54, 1.807) is 25.1 Å². The predicted octanol–water partition coefficient (Wildman–Crippen LogP) is 3.41. The molecule has 0 bridgehead atoms. The molecule has 0 radical (unpaired) electrons. The molecule has 7 heteroatoms. The second-order valence-electron chi connectivity index (χ2n) is 5.23. The Labute approximate surface area is 143 Å². The van der Waals surface area contributed by atoms with Gasteiger partial charge in [0.05, 0.1) is 12.8 Å². The molecule has 2 aromatic rings. The molecule has 0 aliphatic carbocycles. The van der Waals surface area contributed by atoms with E-state index in [0.29, 0.717) is 28.5 Å². The van der Waals surface area contributed by atoms with Crippen LogP contribution in [-0.4, -0.2) is 29.5 Å². The van der Waals surface area contributed by atoms with Crippen molar-refractivity contribution in [3.05, 3.63) is 41.2 Å². The van der Waals surface area contributed by atoms with Crippen LogP contribution in [0.5, 0.6) is 0 Å². The summed E-state index contributed by atoms with van der Waals surface area (Å²) in [4.78, 5) is 28.0. The second kappa shape index (κ2) is 8.54. The van der Waals surface area contributed by atoms with Crippen molar-refractivity contribution in [1.29, 1.82) is 0 Å². The van der Waals surface area contributed by atoms with Crippen LogP contribution >= 0.6 is 11.3 Å². The van der Waals surface area contributed by atoms with Gasteiger partial charge in [0.25, 0.3) is 5.91 Å². The van der Waals surface area contributed by atoms with Gasteiger partial charge in [0.1, 0.15) is 15.7 Å². The van der Waals surface area contributed by atoms with Crippen molar-refractivity contribution in [3.8, 4) is 10.6 Å². The first-order valence-electron chi connectivity index (χ1n) is 7.68. The van der Waals surface area contributed by atoms with E-state index < -0.39 is 0 Å². The number of esters is 1. The first kappa shape index (κ1) is 18.1. The number of nitrogens with zero attached hydrogens (tertiary/aromatic N) is 1. The fourth-order valence-corrected chi connectivity index (χ4v) is 2.92. The molecule has 5 nitrogen and oxygen atoms in total. The first-order chi connectivity index (χ1) is 11.5. The Balaban J connectivity index is 1.94. The van der Waals surface area contributed by atoms with Crippen LogP contribution in [0.1, 0.15) is 36.4 Å². The Morgan fingerprint density at radius 1 is 1.38 bits per heavy atom. The summed E-state index contributed by atoms with van der Waals surface area (Å²) in [5.41, 5.74) is 0.372. The molecular weight excluding hydrogens is 331 g/mol. The molecule has 1 unspecified atom stereocenters. The standard InChI is InChI=1S/C17H19FN2O3S/c1-3-23-15(21)9-8-11(2)20-16(22)14-10-19-17(24-14)12-6-4-5-7-13(12)18/h4-7,10-11H,3,8-9H2,1-2H3,(H,20,22). The Kier molecular flexibility index (Phi) is 6.43. The highest BCUT2D eigenvalue weighted by Crippen LogP contribution is 2.27. The smallest absolute Gasteiger partial charge is 0.305 e. The van der Waals surface area contributed by atoms with Crippen LogP contribution in [0.4, 0.5) is 4.39 Å². The van der Waals surface area contributed by atoms with Crippen molar-refractivity contribution in [2.45, 2.75) is 32.7 Å². The fourth-order valence-electron chi connectivity index (χ4n) is 2.07. The molecule has 0 spiro atoms. The first-order valence-corrected chi connectivity index (χ1v) is 8.50. The number of halogens is 1. The molecule has 1 atom stereocenters. The molecular formula is C17H19FN2O3S. The number of hydrogen-bond donors (Lipinski definition) is 1. The molecule has 1 heterocycles. The second-order valence-corrected chi connectivity index (χ2v) is 6.26. The summed E-state index contributed by atoms with van der Waals surface area (Å²) >= 11 is 1.13. The predicted molar refractivity (Wildman–Crippen MR) is 90.3 cm³/mol. The summed E-state index contributed by atoms with van der Waals surface area (Å²) in [6.07, 6.45) is 2.17. The number of hydrogen-bond acceptors (Lipinski definition) is 5. The minimum atomic E-state index is -0.374. The van der Waals surface area contributed by atoms with Gasteiger partial charge in [-0.1, -0.05) is 12.1 Å². The van der Waals surface area contributed by atoms with E-state index in [4.69, 9.17) is 4.74 Å². The molecule has 0 aliphatic heterocycles. The van der Waals surface area contributed by atoms with Crippen LogP contribution in [0.25, 0.3) is 10.6 Å². The van der Waals surface area contributed by atoms with Crippen molar-refractivity contribution < 1.29 is 18.7 Å². The molecule has 1 aromatic carbocycles. The van der Waals surface area contributed by atoms with Gasteiger partial charge in [-0.15, -0.1) is 11.3 Å². The van der Waals surface area contributed by atoms with E-state index in [1.165, 1.54) is 12.3 Å². The van der Waals surface area contributed by atoms with Crippen LogP contribution in [0.15, 0.2) is 30.5 Å². The number of thiazole rings is 1. The van der Waals surface area contributed by atoms with E-state index in [0.717, 1.165) is 11.3 Å². The molecule has 0 fully saturated rings. The van der Waals surface area contributed by atoms with Crippen LogP contribution in [0.2, 0.25) is 0 Å².